The second kappa shape index (κ2) is 9.14. The van der Waals surface area contributed by atoms with E-state index >= 15 is 0 Å². The standard InChI is InChI=1S/C20H21N3O3S/c1-26-16-5-2-4-15(14-16)18-7-8-20(25)23(22-18)12-10-19(24)21-11-9-17-6-3-13-27-17/h2-8,13-14H,9-12H2,1H3,(H,21,24). The van der Waals surface area contributed by atoms with Crippen molar-refractivity contribution < 1.29 is 9.53 Å². The van der Waals surface area contributed by atoms with Crippen LogP contribution >= 0.6 is 11.3 Å². The largest absolute Gasteiger partial charge is 0.497 e. The summed E-state index contributed by atoms with van der Waals surface area (Å²) in [4.78, 5) is 25.3. The van der Waals surface area contributed by atoms with Gasteiger partial charge in [-0.1, -0.05) is 18.2 Å². The van der Waals surface area contributed by atoms with Crippen molar-refractivity contribution in [1.29, 1.82) is 0 Å². The van der Waals surface area contributed by atoms with Crippen molar-refractivity contribution in [1.82, 2.24) is 15.1 Å². The molecule has 0 radical (unpaired) electrons. The molecule has 0 aliphatic carbocycles. The van der Waals surface area contributed by atoms with Crippen molar-refractivity contribution in [2.75, 3.05) is 13.7 Å². The molecular formula is C20H21N3O3S. The molecule has 0 spiro atoms. The molecule has 1 amide bonds. The van der Waals surface area contributed by atoms with Crippen molar-refractivity contribution in [3.63, 3.8) is 0 Å². The van der Waals surface area contributed by atoms with Crippen molar-refractivity contribution >= 4 is 17.2 Å². The SMILES string of the molecule is COc1cccc(-c2ccc(=O)n(CCC(=O)NCCc3cccs3)n2)c1. The Kier molecular flexibility index (Phi) is 6.38. The highest BCUT2D eigenvalue weighted by Gasteiger charge is 2.07. The molecule has 6 nitrogen and oxygen atoms in total. The van der Waals surface area contributed by atoms with Gasteiger partial charge in [0.2, 0.25) is 5.91 Å². The molecule has 3 rings (SSSR count). The molecule has 2 aromatic heterocycles. The van der Waals surface area contributed by atoms with E-state index in [9.17, 15) is 9.59 Å². The highest BCUT2D eigenvalue weighted by Crippen LogP contribution is 2.21. The first-order chi connectivity index (χ1) is 13.2. The van der Waals surface area contributed by atoms with E-state index in [0.717, 1.165) is 17.7 Å². The van der Waals surface area contributed by atoms with E-state index in [0.29, 0.717) is 12.2 Å². The van der Waals surface area contributed by atoms with Crippen LogP contribution in [0.4, 0.5) is 0 Å². The van der Waals surface area contributed by atoms with Gasteiger partial charge in [-0.25, -0.2) is 4.68 Å². The molecule has 3 aromatic rings. The molecular weight excluding hydrogens is 362 g/mol. The average Bonchev–Trinajstić information content (AvgIpc) is 3.21. The number of methoxy groups -OCH3 is 1. The molecule has 7 heteroatoms. The first-order valence-electron chi connectivity index (χ1n) is 8.67. The topological polar surface area (TPSA) is 73.2 Å². The lowest BCUT2D eigenvalue weighted by atomic mass is 10.1. The van der Waals surface area contributed by atoms with E-state index in [1.807, 2.05) is 41.8 Å². The van der Waals surface area contributed by atoms with Crippen LogP contribution in [-0.4, -0.2) is 29.3 Å². The van der Waals surface area contributed by atoms with Crippen molar-refractivity contribution in [2.45, 2.75) is 19.4 Å². The number of nitrogens with one attached hydrogen (secondary N) is 1. The van der Waals surface area contributed by atoms with Crippen molar-refractivity contribution in [2.24, 2.45) is 0 Å². The summed E-state index contributed by atoms with van der Waals surface area (Å²) in [6.07, 6.45) is 1.02. The van der Waals surface area contributed by atoms with Gasteiger partial charge in [0, 0.05) is 29.5 Å². The van der Waals surface area contributed by atoms with E-state index in [1.165, 1.54) is 15.6 Å². The Bertz CT molecular complexity index is 951. The molecule has 0 aliphatic heterocycles. The third-order valence-electron chi connectivity index (χ3n) is 4.06. The van der Waals surface area contributed by atoms with Crippen LogP contribution in [0.15, 0.2) is 58.7 Å². The summed E-state index contributed by atoms with van der Waals surface area (Å²) < 4.78 is 6.55. The minimum absolute atomic E-state index is 0.0907. The van der Waals surface area contributed by atoms with Crippen LogP contribution in [-0.2, 0) is 17.8 Å². The second-order valence-electron chi connectivity index (χ2n) is 5.94. The number of thiophene rings is 1. The number of hydrogen-bond acceptors (Lipinski definition) is 5. The Morgan fingerprint density at radius 1 is 1.22 bits per heavy atom. The molecule has 2 heterocycles. The Labute approximate surface area is 161 Å². The zero-order valence-electron chi connectivity index (χ0n) is 15.1. The van der Waals surface area contributed by atoms with Crippen LogP contribution in [0.5, 0.6) is 5.75 Å². The maximum absolute atomic E-state index is 12.1. The van der Waals surface area contributed by atoms with Gasteiger partial charge in [0.25, 0.3) is 5.56 Å². The Morgan fingerprint density at radius 3 is 2.89 bits per heavy atom. The number of benzene rings is 1. The van der Waals surface area contributed by atoms with Crippen LogP contribution in [0.25, 0.3) is 11.3 Å². The summed E-state index contributed by atoms with van der Waals surface area (Å²) in [6, 6.07) is 14.7. The third kappa shape index (κ3) is 5.27. The lowest BCUT2D eigenvalue weighted by Crippen LogP contribution is -2.29. The van der Waals surface area contributed by atoms with Crippen LogP contribution in [0.2, 0.25) is 0 Å². The van der Waals surface area contributed by atoms with Crippen LogP contribution < -0.4 is 15.6 Å². The third-order valence-corrected chi connectivity index (χ3v) is 4.99. The first kappa shape index (κ1) is 18.8. The Balaban J connectivity index is 1.59. The molecule has 0 aliphatic rings. The number of hydrogen-bond donors (Lipinski definition) is 1. The van der Waals surface area contributed by atoms with Crippen LogP contribution in [0, 0.1) is 0 Å². The van der Waals surface area contributed by atoms with Gasteiger partial charge in [0.1, 0.15) is 5.75 Å². The molecule has 1 aromatic carbocycles. The fraction of sp³-hybridized carbons (Fsp3) is 0.250. The zero-order valence-corrected chi connectivity index (χ0v) is 15.9. The van der Waals surface area contributed by atoms with E-state index in [2.05, 4.69) is 10.4 Å². The molecule has 0 fully saturated rings. The van der Waals surface area contributed by atoms with E-state index in [4.69, 9.17) is 4.74 Å². The minimum atomic E-state index is -0.229. The van der Waals surface area contributed by atoms with Crippen molar-refractivity contribution in [3.05, 3.63) is 69.1 Å². The number of aryl methyl sites for hydroxylation is 1. The number of carbonyl (C=O) groups is 1. The van der Waals surface area contributed by atoms with Crippen LogP contribution in [0.1, 0.15) is 11.3 Å². The fourth-order valence-electron chi connectivity index (χ4n) is 2.62. The maximum Gasteiger partial charge on any atom is 0.266 e. The normalized spacial score (nSPS) is 10.6. The quantitative estimate of drug-likeness (QED) is 0.649. The minimum Gasteiger partial charge on any atom is -0.497 e. The summed E-state index contributed by atoms with van der Waals surface area (Å²) >= 11 is 1.67. The zero-order chi connectivity index (χ0) is 19.1. The molecule has 140 valence electrons. The number of ether oxygens (including phenoxy) is 1. The molecule has 0 bridgehead atoms. The van der Waals surface area contributed by atoms with Gasteiger partial charge >= 0.3 is 0 Å². The highest BCUT2D eigenvalue weighted by atomic mass is 32.1. The summed E-state index contributed by atoms with van der Waals surface area (Å²) in [5.74, 6) is 0.629. The predicted molar refractivity (Wildman–Crippen MR) is 106 cm³/mol. The molecule has 0 saturated heterocycles. The number of carbonyl (C=O) groups excluding carboxylic acids is 1. The second-order valence-corrected chi connectivity index (χ2v) is 6.97. The lowest BCUT2D eigenvalue weighted by Gasteiger charge is -2.09. The summed E-state index contributed by atoms with van der Waals surface area (Å²) in [7, 11) is 1.60. The Hall–Kier alpha value is -2.93. The van der Waals surface area contributed by atoms with Gasteiger partial charge in [-0.15, -0.1) is 11.3 Å². The number of nitrogens with zero attached hydrogens (tertiary/aromatic N) is 2. The van der Waals surface area contributed by atoms with E-state index in [1.54, 1.807) is 24.5 Å². The predicted octanol–water partition coefficient (Wildman–Crippen LogP) is 2.73. The summed E-state index contributed by atoms with van der Waals surface area (Å²) in [5, 5.41) is 9.28. The van der Waals surface area contributed by atoms with E-state index in [-0.39, 0.29) is 24.4 Å². The smallest absolute Gasteiger partial charge is 0.266 e. The number of rotatable bonds is 8. The van der Waals surface area contributed by atoms with Gasteiger partial charge < -0.3 is 10.1 Å². The molecule has 0 atom stereocenters. The molecule has 0 saturated carbocycles. The number of aromatic nitrogens is 2. The van der Waals surface area contributed by atoms with Crippen LogP contribution in [0.3, 0.4) is 0 Å². The Morgan fingerprint density at radius 2 is 2.11 bits per heavy atom. The maximum atomic E-state index is 12.1. The van der Waals surface area contributed by atoms with Gasteiger partial charge in [0.15, 0.2) is 0 Å². The highest BCUT2D eigenvalue weighted by molar-refractivity contribution is 7.09. The molecule has 0 unspecified atom stereocenters. The first-order valence-corrected chi connectivity index (χ1v) is 9.55. The molecule has 27 heavy (non-hydrogen) atoms. The van der Waals surface area contributed by atoms with Gasteiger partial charge in [-0.2, -0.15) is 5.10 Å². The molecule has 1 N–H and O–H groups in total. The average molecular weight is 383 g/mol. The van der Waals surface area contributed by atoms with Gasteiger partial charge in [-0.3, -0.25) is 9.59 Å². The monoisotopic (exact) mass is 383 g/mol. The fourth-order valence-corrected chi connectivity index (χ4v) is 3.33. The van der Waals surface area contributed by atoms with Crippen molar-refractivity contribution in [3.8, 4) is 17.0 Å². The summed E-state index contributed by atoms with van der Waals surface area (Å²) in [5.41, 5.74) is 1.28. The number of amides is 1. The van der Waals surface area contributed by atoms with Gasteiger partial charge in [-0.05, 0) is 36.1 Å². The summed E-state index contributed by atoms with van der Waals surface area (Å²) in [6.45, 7) is 0.826. The lowest BCUT2D eigenvalue weighted by molar-refractivity contribution is -0.121. The van der Waals surface area contributed by atoms with E-state index < -0.39 is 0 Å². The van der Waals surface area contributed by atoms with Gasteiger partial charge in [0.05, 0.1) is 19.3 Å².